The SMILES string of the molecule is Cc1sc2c(c1C)C(c1ccc(Cl)cc1)=N[C@@H](CC(=O)NCc1ccc(COc3ccc4c(c3)N(C)C(C(C)C)C(=O)NC(CO)C4)cc1)c1nnc(C)n1-2. The van der Waals surface area contributed by atoms with E-state index in [1.54, 1.807) is 11.3 Å². The number of halogens is 1. The zero-order valence-corrected chi connectivity index (χ0v) is 33.5. The van der Waals surface area contributed by atoms with E-state index >= 15 is 0 Å². The zero-order chi connectivity index (χ0) is 39.0. The summed E-state index contributed by atoms with van der Waals surface area (Å²) in [5, 5.41) is 26.5. The number of hydrogen-bond donors (Lipinski definition) is 3. The van der Waals surface area contributed by atoms with Gasteiger partial charge in [-0.3, -0.25) is 19.1 Å². The number of benzene rings is 3. The smallest absolute Gasteiger partial charge is 0.243 e. The summed E-state index contributed by atoms with van der Waals surface area (Å²) in [6.45, 7) is 10.8. The van der Waals surface area contributed by atoms with Gasteiger partial charge in [0.1, 0.15) is 35.3 Å². The molecule has 3 N–H and O–H groups in total. The van der Waals surface area contributed by atoms with Gasteiger partial charge in [0, 0.05) is 46.4 Å². The minimum Gasteiger partial charge on any atom is -0.489 e. The number of nitrogens with zero attached hydrogens (tertiary/aromatic N) is 5. The summed E-state index contributed by atoms with van der Waals surface area (Å²) in [4.78, 5) is 35.0. The van der Waals surface area contributed by atoms with E-state index in [1.165, 1.54) is 4.88 Å². The Morgan fingerprint density at radius 3 is 2.49 bits per heavy atom. The lowest BCUT2D eigenvalue weighted by Gasteiger charge is -2.37. The molecule has 0 saturated carbocycles. The number of aliphatic hydroxyl groups excluding tert-OH is 1. The van der Waals surface area contributed by atoms with Gasteiger partial charge in [-0.25, -0.2) is 0 Å². The summed E-state index contributed by atoms with van der Waals surface area (Å²) in [7, 11) is 1.93. The third kappa shape index (κ3) is 7.89. The van der Waals surface area contributed by atoms with Crippen LogP contribution in [0.25, 0.3) is 5.00 Å². The van der Waals surface area contributed by atoms with Gasteiger partial charge in [0.25, 0.3) is 0 Å². The Labute approximate surface area is 330 Å². The molecule has 3 atom stereocenters. The van der Waals surface area contributed by atoms with Crippen molar-refractivity contribution in [3.05, 3.63) is 122 Å². The maximum Gasteiger partial charge on any atom is 0.243 e. The van der Waals surface area contributed by atoms with Crippen LogP contribution in [0.3, 0.4) is 0 Å². The molecule has 2 aromatic heterocycles. The Balaban J connectivity index is 1.02. The first-order chi connectivity index (χ1) is 26.4. The molecule has 0 saturated heterocycles. The number of carbonyl (C=O) groups excluding carboxylic acids is 2. The van der Waals surface area contributed by atoms with Crippen molar-refractivity contribution in [3.63, 3.8) is 0 Å². The number of aryl methyl sites for hydroxylation is 2. The van der Waals surface area contributed by atoms with E-state index in [-0.39, 0.29) is 42.8 Å². The summed E-state index contributed by atoms with van der Waals surface area (Å²) in [6.07, 6.45) is 0.632. The molecule has 7 rings (SSSR count). The topological polar surface area (TPSA) is 134 Å². The van der Waals surface area contributed by atoms with Crippen LogP contribution >= 0.6 is 22.9 Å². The zero-order valence-electron chi connectivity index (χ0n) is 31.9. The number of anilines is 1. The van der Waals surface area contributed by atoms with Crippen molar-refractivity contribution in [2.24, 2.45) is 10.9 Å². The lowest BCUT2D eigenvalue weighted by atomic mass is 9.95. The summed E-state index contributed by atoms with van der Waals surface area (Å²) in [5.41, 5.74) is 7.79. The highest BCUT2D eigenvalue weighted by atomic mass is 35.5. The molecule has 2 aliphatic heterocycles. The van der Waals surface area contributed by atoms with Gasteiger partial charge in [-0.2, -0.15) is 0 Å². The predicted molar refractivity (Wildman–Crippen MR) is 217 cm³/mol. The van der Waals surface area contributed by atoms with Gasteiger partial charge in [0.15, 0.2) is 5.82 Å². The summed E-state index contributed by atoms with van der Waals surface area (Å²) in [6, 6.07) is 20.3. The number of thiophene rings is 1. The highest BCUT2D eigenvalue weighted by molar-refractivity contribution is 7.15. The van der Waals surface area contributed by atoms with Crippen LogP contribution in [-0.4, -0.2) is 63.1 Å². The molecule has 2 aliphatic rings. The van der Waals surface area contributed by atoms with E-state index in [4.69, 9.17) is 21.3 Å². The van der Waals surface area contributed by atoms with Crippen LogP contribution in [-0.2, 0) is 29.2 Å². The molecular weight excluding hydrogens is 734 g/mol. The fourth-order valence-corrected chi connectivity index (χ4v) is 8.76. The molecule has 0 bridgehead atoms. The Morgan fingerprint density at radius 1 is 1.05 bits per heavy atom. The highest BCUT2D eigenvalue weighted by Gasteiger charge is 2.34. The number of fused-ring (bicyclic) bond motifs is 4. The molecule has 11 nitrogen and oxygen atoms in total. The highest BCUT2D eigenvalue weighted by Crippen LogP contribution is 2.40. The van der Waals surface area contributed by atoms with E-state index < -0.39 is 6.04 Å². The molecule has 4 heterocycles. The van der Waals surface area contributed by atoms with Crippen molar-refractivity contribution in [1.82, 2.24) is 25.4 Å². The monoisotopic (exact) mass is 779 g/mol. The Hall–Kier alpha value is -5.04. The number of rotatable bonds is 10. The average Bonchev–Trinajstić information content (AvgIpc) is 3.64. The van der Waals surface area contributed by atoms with Crippen LogP contribution < -0.4 is 20.3 Å². The third-order valence-electron chi connectivity index (χ3n) is 10.4. The summed E-state index contributed by atoms with van der Waals surface area (Å²) in [5.74, 6) is 1.91. The van der Waals surface area contributed by atoms with Crippen LogP contribution in [0.15, 0.2) is 71.7 Å². The fourth-order valence-electron chi connectivity index (χ4n) is 7.42. The van der Waals surface area contributed by atoms with Crippen molar-refractivity contribution in [1.29, 1.82) is 0 Å². The number of aliphatic hydroxyl groups is 1. The van der Waals surface area contributed by atoms with E-state index in [0.29, 0.717) is 36.2 Å². The number of nitrogens with one attached hydrogen (secondary N) is 2. The number of amides is 2. The summed E-state index contributed by atoms with van der Waals surface area (Å²) < 4.78 is 8.26. The van der Waals surface area contributed by atoms with E-state index in [9.17, 15) is 14.7 Å². The second kappa shape index (κ2) is 16.0. The van der Waals surface area contributed by atoms with Gasteiger partial charge in [0.05, 0.1) is 24.8 Å². The first-order valence-electron chi connectivity index (χ1n) is 18.5. The number of aliphatic imine (C=N–C) groups is 1. The van der Waals surface area contributed by atoms with Crippen molar-refractivity contribution in [2.75, 3.05) is 18.6 Å². The molecule has 0 fully saturated rings. The van der Waals surface area contributed by atoms with Crippen LogP contribution in [0.1, 0.15) is 76.2 Å². The molecule has 0 radical (unpaired) electrons. The molecule has 0 aliphatic carbocycles. The maximum absolute atomic E-state index is 13.5. The predicted octanol–water partition coefficient (Wildman–Crippen LogP) is 6.58. The van der Waals surface area contributed by atoms with Gasteiger partial charge in [-0.05, 0) is 73.6 Å². The second-order valence-electron chi connectivity index (χ2n) is 14.7. The molecule has 0 spiro atoms. The lowest BCUT2D eigenvalue weighted by Crippen LogP contribution is -2.54. The van der Waals surface area contributed by atoms with Gasteiger partial charge in [-0.15, -0.1) is 21.5 Å². The van der Waals surface area contributed by atoms with E-state index in [1.807, 2.05) is 104 Å². The van der Waals surface area contributed by atoms with Gasteiger partial charge in [-0.1, -0.05) is 67.9 Å². The third-order valence-corrected chi connectivity index (χ3v) is 11.9. The van der Waals surface area contributed by atoms with Crippen molar-refractivity contribution in [3.8, 4) is 10.8 Å². The van der Waals surface area contributed by atoms with E-state index in [2.05, 4.69) is 34.7 Å². The van der Waals surface area contributed by atoms with Gasteiger partial charge < -0.3 is 25.4 Å². The first-order valence-corrected chi connectivity index (χ1v) is 19.7. The van der Waals surface area contributed by atoms with Crippen molar-refractivity contribution in [2.45, 2.75) is 78.7 Å². The number of likely N-dealkylation sites (N-methyl/N-ethyl adjacent to an activating group) is 1. The molecular formula is C42H46ClN7O4S. The lowest BCUT2D eigenvalue weighted by molar-refractivity contribution is -0.124. The summed E-state index contributed by atoms with van der Waals surface area (Å²) >= 11 is 7.93. The van der Waals surface area contributed by atoms with Crippen LogP contribution in [0.4, 0.5) is 5.69 Å². The Kier molecular flexibility index (Phi) is 11.1. The Morgan fingerprint density at radius 2 is 1.78 bits per heavy atom. The molecule has 286 valence electrons. The minimum atomic E-state index is -0.549. The first kappa shape index (κ1) is 38.2. The largest absolute Gasteiger partial charge is 0.489 e. The maximum atomic E-state index is 13.5. The molecule has 3 aromatic carbocycles. The molecule has 55 heavy (non-hydrogen) atoms. The van der Waals surface area contributed by atoms with Crippen LogP contribution in [0, 0.1) is 26.7 Å². The molecule has 13 heteroatoms. The Bertz CT molecular complexity index is 2250. The number of ether oxygens (including phenoxy) is 1. The fraction of sp³-hybridized carbons (Fsp3) is 0.357. The van der Waals surface area contributed by atoms with Crippen molar-refractivity contribution < 1.29 is 19.4 Å². The van der Waals surface area contributed by atoms with E-state index in [0.717, 1.165) is 55.6 Å². The molecule has 2 amide bonds. The number of aromatic nitrogens is 3. The van der Waals surface area contributed by atoms with Gasteiger partial charge >= 0.3 is 0 Å². The molecule has 2 unspecified atom stereocenters. The quantitative estimate of drug-likeness (QED) is 0.146. The van der Waals surface area contributed by atoms with Crippen LogP contribution in [0.2, 0.25) is 5.02 Å². The standard InChI is InChI=1S/C42H46ClN7O4S/c1-23(2)39-41(53)45-32(21-51)17-30-13-16-33(18-35(30)49(39)6)54-22-28-9-7-27(8-10-28)20-44-36(52)19-34-40-48-47-26(5)50(40)42-37(24(3)25(4)55-42)38(46-34)29-11-14-31(43)15-12-29/h7-16,18,23,32,34,39,51H,17,19-22H2,1-6H3,(H,44,52)(H,45,53)/t32?,34-,39?/m0/s1. The average molecular weight is 780 g/mol. The van der Waals surface area contributed by atoms with Crippen molar-refractivity contribution >= 4 is 46.2 Å². The molecule has 5 aromatic rings. The second-order valence-corrected chi connectivity index (χ2v) is 16.3. The number of hydrogen-bond acceptors (Lipinski definition) is 9. The van der Waals surface area contributed by atoms with Gasteiger partial charge in [0.2, 0.25) is 11.8 Å². The number of carbonyl (C=O) groups is 2. The normalized spacial score (nSPS) is 18.0. The van der Waals surface area contributed by atoms with Crippen LogP contribution in [0.5, 0.6) is 5.75 Å². The minimum absolute atomic E-state index is 0.0656.